The van der Waals surface area contributed by atoms with Crippen LogP contribution in [-0.2, 0) is 19.5 Å². The molecule has 1 N–H and O–H groups in total. The van der Waals surface area contributed by atoms with Crippen LogP contribution in [-0.4, -0.2) is 26.3 Å². The highest BCUT2D eigenvalue weighted by molar-refractivity contribution is 6.31. The molecule has 0 radical (unpaired) electrons. The van der Waals surface area contributed by atoms with Gasteiger partial charge in [-0.15, -0.1) is 0 Å². The van der Waals surface area contributed by atoms with E-state index in [1.165, 1.54) is 24.5 Å². The Morgan fingerprint density at radius 1 is 1.37 bits per heavy atom. The average Bonchev–Trinajstić information content (AvgIpc) is 3.18. The first-order valence-electron chi connectivity index (χ1n) is 8.32. The number of non-ortho nitro benzene ring substituents is 1. The second-order valence-corrected chi connectivity index (χ2v) is 6.72. The van der Waals surface area contributed by atoms with E-state index >= 15 is 0 Å². The molecule has 0 bridgehead atoms. The van der Waals surface area contributed by atoms with E-state index < -0.39 is 4.92 Å². The van der Waals surface area contributed by atoms with E-state index in [4.69, 9.17) is 16.0 Å². The lowest BCUT2D eigenvalue weighted by Gasteiger charge is -2.27. The van der Waals surface area contributed by atoms with Gasteiger partial charge >= 0.3 is 0 Å². The van der Waals surface area contributed by atoms with Crippen molar-refractivity contribution in [3.8, 4) is 11.6 Å². The number of nitrogens with one attached hydrogen (secondary N) is 1. The zero-order chi connectivity index (χ0) is 19.0. The van der Waals surface area contributed by atoms with Crippen molar-refractivity contribution in [2.24, 2.45) is 0 Å². The Morgan fingerprint density at radius 2 is 2.22 bits per heavy atom. The maximum atomic E-state index is 12.4. The summed E-state index contributed by atoms with van der Waals surface area (Å²) >= 11 is 6.21. The second kappa shape index (κ2) is 6.98. The maximum Gasteiger partial charge on any atom is 0.269 e. The van der Waals surface area contributed by atoms with Crippen LogP contribution in [0.15, 0.2) is 45.8 Å². The number of H-pyrrole nitrogens is 1. The van der Waals surface area contributed by atoms with Crippen molar-refractivity contribution in [2.75, 3.05) is 6.54 Å². The number of halogens is 1. The molecule has 0 spiro atoms. The number of aromatic amines is 1. The highest BCUT2D eigenvalue weighted by Crippen LogP contribution is 2.26. The Bertz CT molecular complexity index is 1060. The van der Waals surface area contributed by atoms with Gasteiger partial charge in [-0.3, -0.25) is 19.8 Å². The van der Waals surface area contributed by atoms with E-state index in [0.717, 1.165) is 0 Å². The summed E-state index contributed by atoms with van der Waals surface area (Å²) in [5.74, 6) is 0.882. The number of nitro groups is 1. The van der Waals surface area contributed by atoms with Gasteiger partial charge in [0.15, 0.2) is 11.6 Å². The summed E-state index contributed by atoms with van der Waals surface area (Å²) < 4.78 is 5.31. The molecule has 0 amide bonds. The number of rotatable bonds is 4. The molecule has 1 aliphatic heterocycles. The average molecular weight is 387 g/mol. The third kappa shape index (κ3) is 3.49. The van der Waals surface area contributed by atoms with Crippen LogP contribution in [0.25, 0.3) is 11.6 Å². The van der Waals surface area contributed by atoms with Crippen molar-refractivity contribution in [2.45, 2.75) is 19.5 Å². The first kappa shape index (κ1) is 17.4. The SMILES string of the molecule is O=c1[nH]c(-c2ccco2)nc2c1CCN(Cc1cc([N+](=O)[O-])ccc1Cl)C2. The van der Waals surface area contributed by atoms with Crippen LogP contribution in [0.2, 0.25) is 5.02 Å². The minimum absolute atomic E-state index is 0.00137. The summed E-state index contributed by atoms with van der Waals surface area (Å²) in [6.07, 6.45) is 2.06. The summed E-state index contributed by atoms with van der Waals surface area (Å²) in [7, 11) is 0. The van der Waals surface area contributed by atoms with E-state index in [-0.39, 0.29) is 11.2 Å². The fraction of sp³-hybridized carbons (Fsp3) is 0.222. The molecule has 1 aliphatic rings. The van der Waals surface area contributed by atoms with Crippen LogP contribution in [0.3, 0.4) is 0 Å². The van der Waals surface area contributed by atoms with E-state index in [0.29, 0.717) is 59.5 Å². The van der Waals surface area contributed by atoms with Crippen LogP contribution < -0.4 is 5.56 Å². The highest BCUT2D eigenvalue weighted by atomic mass is 35.5. The quantitative estimate of drug-likeness (QED) is 0.545. The van der Waals surface area contributed by atoms with Gasteiger partial charge in [0, 0.05) is 42.4 Å². The monoisotopic (exact) mass is 386 g/mol. The first-order valence-corrected chi connectivity index (χ1v) is 8.70. The molecule has 0 saturated heterocycles. The molecule has 1 aromatic carbocycles. The molecule has 138 valence electrons. The van der Waals surface area contributed by atoms with Crippen LogP contribution in [0.1, 0.15) is 16.8 Å². The molecule has 0 fully saturated rings. The highest BCUT2D eigenvalue weighted by Gasteiger charge is 2.23. The topological polar surface area (TPSA) is 105 Å². The van der Waals surface area contributed by atoms with Crippen molar-refractivity contribution in [3.05, 3.63) is 78.9 Å². The Morgan fingerprint density at radius 3 is 2.96 bits per heavy atom. The van der Waals surface area contributed by atoms with Crippen molar-refractivity contribution in [3.63, 3.8) is 0 Å². The van der Waals surface area contributed by atoms with Gasteiger partial charge in [-0.2, -0.15) is 0 Å². The molecule has 4 rings (SSSR count). The molecule has 0 saturated carbocycles. The number of hydrogen-bond donors (Lipinski definition) is 1. The summed E-state index contributed by atoms with van der Waals surface area (Å²) in [6.45, 7) is 1.52. The lowest BCUT2D eigenvalue weighted by molar-refractivity contribution is -0.384. The molecule has 3 heterocycles. The summed E-state index contributed by atoms with van der Waals surface area (Å²) in [6, 6.07) is 7.86. The lowest BCUT2D eigenvalue weighted by Crippen LogP contribution is -2.35. The smallest absolute Gasteiger partial charge is 0.269 e. The standard InChI is InChI=1S/C18H15ClN4O4/c19-14-4-3-12(23(25)26)8-11(14)9-22-6-5-13-15(10-22)20-17(21-18(13)24)16-2-1-7-27-16/h1-4,7-8H,5-6,9-10H2,(H,20,21,24). The van der Waals surface area contributed by atoms with Gasteiger partial charge in [0.25, 0.3) is 11.2 Å². The van der Waals surface area contributed by atoms with Crippen molar-refractivity contribution in [1.82, 2.24) is 14.9 Å². The van der Waals surface area contributed by atoms with Crippen LogP contribution >= 0.6 is 11.6 Å². The Kier molecular flexibility index (Phi) is 4.51. The van der Waals surface area contributed by atoms with Gasteiger partial charge in [0.05, 0.1) is 16.9 Å². The van der Waals surface area contributed by atoms with E-state index in [1.54, 1.807) is 12.1 Å². The molecular weight excluding hydrogens is 372 g/mol. The molecule has 2 aromatic heterocycles. The van der Waals surface area contributed by atoms with Crippen molar-refractivity contribution < 1.29 is 9.34 Å². The molecule has 0 atom stereocenters. The van der Waals surface area contributed by atoms with Gasteiger partial charge in [-0.05, 0) is 30.2 Å². The Labute approximate surface area is 158 Å². The fourth-order valence-corrected chi connectivity index (χ4v) is 3.37. The Balaban J connectivity index is 1.61. The second-order valence-electron chi connectivity index (χ2n) is 6.31. The van der Waals surface area contributed by atoms with Crippen LogP contribution in [0.5, 0.6) is 0 Å². The van der Waals surface area contributed by atoms with E-state index in [2.05, 4.69) is 14.9 Å². The predicted octanol–water partition coefficient (Wildman–Crippen LogP) is 3.15. The molecule has 0 aliphatic carbocycles. The molecule has 3 aromatic rings. The number of aromatic nitrogens is 2. The van der Waals surface area contributed by atoms with Crippen LogP contribution in [0.4, 0.5) is 5.69 Å². The number of nitrogens with zero attached hydrogens (tertiary/aromatic N) is 3. The van der Waals surface area contributed by atoms with Gasteiger partial charge in [-0.1, -0.05) is 11.6 Å². The molecule has 9 heteroatoms. The minimum atomic E-state index is -0.442. The number of nitro benzene ring substituents is 1. The maximum absolute atomic E-state index is 12.4. The van der Waals surface area contributed by atoms with Gasteiger partial charge < -0.3 is 9.40 Å². The van der Waals surface area contributed by atoms with Gasteiger partial charge in [0.1, 0.15) is 0 Å². The third-order valence-electron chi connectivity index (χ3n) is 4.54. The zero-order valence-corrected chi connectivity index (χ0v) is 14.9. The summed E-state index contributed by atoms with van der Waals surface area (Å²) in [5.41, 5.74) is 1.84. The fourth-order valence-electron chi connectivity index (χ4n) is 3.20. The number of fused-ring (bicyclic) bond motifs is 1. The number of furan rings is 1. The third-order valence-corrected chi connectivity index (χ3v) is 4.91. The predicted molar refractivity (Wildman–Crippen MR) is 98.5 cm³/mol. The number of hydrogen-bond acceptors (Lipinski definition) is 6. The summed E-state index contributed by atoms with van der Waals surface area (Å²) in [5, 5.41) is 11.5. The first-order chi connectivity index (χ1) is 13.0. The van der Waals surface area contributed by atoms with E-state index in [1.807, 2.05) is 0 Å². The largest absolute Gasteiger partial charge is 0.461 e. The lowest BCUT2D eigenvalue weighted by atomic mass is 10.1. The van der Waals surface area contributed by atoms with Crippen molar-refractivity contribution in [1.29, 1.82) is 0 Å². The minimum Gasteiger partial charge on any atom is -0.461 e. The molecule has 0 unspecified atom stereocenters. The Hall–Kier alpha value is -2.97. The van der Waals surface area contributed by atoms with Gasteiger partial charge in [0.2, 0.25) is 0 Å². The number of benzene rings is 1. The molecule has 27 heavy (non-hydrogen) atoms. The van der Waals surface area contributed by atoms with Crippen LogP contribution in [0, 0.1) is 10.1 Å². The van der Waals surface area contributed by atoms with Crippen molar-refractivity contribution >= 4 is 17.3 Å². The zero-order valence-electron chi connectivity index (χ0n) is 14.1. The van der Waals surface area contributed by atoms with E-state index in [9.17, 15) is 14.9 Å². The molecular formula is C18H15ClN4O4. The summed E-state index contributed by atoms with van der Waals surface area (Å²) in [4.78, 5) is 32.3. The van der Waals surface area contributed by atoms with Gasteiger partial charge in [-0.25, -0.2) is 4.98 Å². The molecule has 8 nitrogen and oxygen atoms in total. The normalized spacial score (nSPS) is 14.1.